The van der Waals surface area contributed by atoms with Crippen LogP contribution in [0.5, 0.6) is 0 Å². The van der Waals surface area contributed by atoms with Gasteiger partial charge in [-0.1, -0.05) is 23.9 Å². The average Bonchev–Trinajstić information content (AvgIpc) is 2.57. The maximum atomic E-state index is 12.6. The summed E-state index contributed by atoms with van der Waals surface area (Å²) in [6, 6.07) is 6.50. The highest BCUT2D eigenvalue weighted by Crippen LogP contribution is 2.31. The Labute approximate surface area is 150 Å². The molecule has 1 fully saturated rings. The van der Waals surface area contributed by atoms with Crippen molar-refractivity contribution in [3.8, 4) is 0 Å². The van der Waals surface area contributed by atoms with Crippen LogP contribution >= 0.6 is 11.8 Å². The summed E-state index contributed by atoms with van der Waals surface area (Å²) in [5.74, 6) is -3.08. The molecule has 0 spiro atoms. The van der Waals surface area contributed by atoms with Gasteiger partial charge in [0.15, 0.2) is 0 Å². The van der Waals surface area contributed by atoms with Crippen LogP contribution in [0.2, 0.25) is 0 Å². The van der Waals surface area contributed by atoms with Gasteiger partial charge in [0, 0.05) is 4.90 Å². The van der Waals surface area contributed by atoms with E-state index in [2.05, 4.69) is 5.32 Å². The van der Waals surface area contributed by atoms with Crippen molar-refractivity contribution in [2.45, 2.75) is 30.4 Å². The lowest BCUT2D eigenvalue weighted by Gasteiger charge is -2.30. The quantitative estimate of drug-likeness (QED) is 0.588. The molecule has 1 aromatic carbocycles. The third-order valence-electron chi connectivity index (χ3n) is 3.95. The van der Waals surface area contributed by atoms with E-state index in [0.717, 1.165) is 0 Å². The number of carbonyl (C=O) groups excluding carboxylic acids is 2. The van der Waals surface area contributed by atoms with E-state index in [-0.39, 0.29) is 24.3 Å². The first kappa shape index (κ1) is 19.7. The molecule has 0 aliphatic carbocycles. The van der Waals surface area contributed by atoms with Gasteiger partial charge in [-0.05, 0) is 45.0 Å². The summed E-state index contributed by atoms with van der Waals surface area (Å²) in [7, 11) is 0. The van der Waals surface area contributed by atoms with E-state index >= 15 is 0 Å². The largest absolute Gasteiger partial charge is 0.466 e. The molecule has 2 rings (SSSR count). The SMILES string of the molecule is CCOC(=O)C1CCN(CC(=O)Nc2ccccc2SC(F)F)CC1. The molecule has 1 aromatic rings. The van der Waals surface area contributed by atoms with Gasteiger partial charge in [0.05, 0.1) is 24.8 Å². The zero-order valence-corrected chi connectivity index (χ0v) is 14.9. The number of nitrogens with zero attached hydrogens (tertiary/aromatic N) is 1. The fourth-order valence-electron chi connectivity index (χ4n) is 2.75. The second-order valence-corrected chi connectivity index (χ2v) is 6.76. The zero-order chi connectivity index (χ0) is 18.2. The Balaban J connectivity index is 1.83. The summed E-state index contributed by atoms with van der Waals surface area (Å²) in [4.78, 5) is 26.2. The van der Waals surface area contributed by atoms with Crippen molar-refractivity contribution >= 4 is 29.3 Å². The minimum atomic E-state index is -2.54. The van der Waals surface area contributed by atoms with Crippen LogP contribution < -0.4 is 5.32 Å². The minimum Gasteiger partial charge on any atom is -0.466 e. The van der Waals surface area contributed by atoms with Crippen molar-refractivity contribution in [3.05, 3.63) is 24.3 Å². The molecule has 1 N–H and O–H groups in total. The van der Waals surface area contributed by atoms with Gasteiger partial charge in [-0.15, -0.1) is 0 Å². The van der Waals surface area contributed by atoms with Crippen LogP contribution in [0.1, 0.15) is 19.8 Å². The van der Waals surface area contributed by atoms with Crippen LogP contribution in [0.4, 0.5) is 14.5 Å². The average molecular weight is 372 g/mol. The fraction of sp³-hybridized carbons (Fsp3) is 0.529. The highest BCUT2D eigenvalue weighted by Gasteiger charge is 2.26. The van der Waals surface area contributed by atoms with Crippen LogP contribution in [0.25, 0.3) is 0 Å². The van der Waals surface area contributed by atoms with Crippen LogP contribution in [0.15, 0.2) is 29.2 Å². The molecule has 1 heterocycles. The molecule has 25 heavy (non-hydrogen) atoms. The number of esters is 1. The number of likely N-dealkylation sites (tertiary alicyclic amines) is 1. The molecule has 5 nitrogen and oxygen atoms in total. The summed E-state index contributed by atoms with van der Waals surface area (Å²) >= 11 is 0.408. The first-order valence-corrected chi connectivity index (χ1v) is 9.10. The van der Waals surface area contributed by atoms with Gasteiger partial charge in [-0.3, -0.25) is 14.5 Å². The topological polar surface area (TPSA) is 58.6 Å². The fourth-order valence-corrected chi connectivity index (χ4v) is 3.34. The van der Waals surface area contributed by atoms with Gasteiger partial charge < -0.3 is 10.1 Å². The Morgan fingerprint density at radius 1 is 1.32 bits per heavy atom. The summed E-state index contributed by atoms with van der Waals surface area (Å²) < 4.78 is 30.2. The number of carbonyl (C=O) groups is 2. The van der Waals surface area contributed by atoms with Crippen LogP contribution in [-0.2, 0) is 14.3 Å². The number of benzene rings is 1. The molecular weight excluding hydrogens is 350 g/mol. The number of hydrogen-bond donors (Lipinski definition) is 1. The molecule has 1 aliphatic heterocycles. The predicted octanol–water partition coefficient (Wildman–Crippen LogP) is 3.21. The van der Waals surface area contributed by atoms with Crippen LogP contribution in [0.3, 0.4) is 0 Å². The van der Waals surface area contributed by atoms with Crippen molar-refractivity contribution in [2.24, 2.45) is 5.92 Å². The van der Waals surface area contributed by atoms with Gasteiger partial charge >= 0.3 is 5.97 Å². The highest BCUT2D eigenvalue weighted by molar-refractivity contribution is 7.99. The number of nitrogens with one attached hydrogen (secondary N) is 1. The van der Waals surface area contributed by atoms with Gasteiger partial charge in [0.25, 0.3) is 5.76 Å². The first-order valence-electron chi connectivity index (χ1n) is 8.22. The van der Waals surface area contributed by atoms with E-state index in [1.165, 1.54) is 0 Å². The Morgan fingerprint density at radius 2 is 2.00 bits per heavy atom. The van der Waals surface area contributed by atoms with Gasteiger partial charge in [-0.25, -0.2) is 0 Å². The Bertz CT molecular complexity index is 593. The zero-order valence-electron chi connectivity index (χ0n) is 14.0. The number of hydrogen-bond acceptors (Lipinski definition) is 5. The lowest BCUT2D eigenvalue weighted by atomic mass is 9.97. The van der Waals surface area contributed by atoms with E-state index in [1.807, 2.05) is 4.90 Å². The minimum absolute atomic E-state index is 0.109. The van der Waals surface area contributed by atoms with E-state index in [1.54, 1.807) is 31.2 Å². The Kier molecular flexibility index (Phi) is 7.64. The molecule has 0 radical (unpaired) electrons. The van der Waals surface area contributed by atoms with E-state index < -0.39 is 5.76 Å². The van der Waals surface area contributed by atoms with Gasteiger partial charge in [0.2, 0.25) is 5.91 Å². The van der Waals surface area contributed by atoms with E-state index in [9.17, 15) is 18.4 Å². The van der Waals surface area contributed by atoms with E-state index in [0.29, 0.717) is 54.9 Å². The molecular formula is C17H22F2N2O3S. The number of thioether (sulfide) groups is 1. The van der Waals surface area contributed by atoms with Gasteiger partial charge in [-0.2, -0.15) is 8.78 Å². The number of para-hydroxylation sites is 1. The summed E-state index contributed by atoms with van der Waals surface area (Å²) in [5.41, 5.74) is 0.388. The number of halogens is 2. The third kappa shape index (κ3) is 6.28. The van der Waals surface area contributed by atoms with Crippen LogP contribution in [-0.4, -0.2) is 48.8 Å². The maximum absolute atomic E-state index is 12.6. The molecule has 0 aromatic heterocycles. The molecule has 0 unspecified atom stereocenters. The number of amides is 1. The lowest BCUT2D eigenvalue weighted by molar-refractivity contribution is -0.149. The summed E-state index contributed by atoms with van der Waals surface area (Å²) in [6.45, 7) is 3.58. The molecule has 138 valence electrons. The molecule has 1 saturated heterocycles. The molecule has 0 saturated carbocycles. The highest BCUT2D eigenvalue weighted by atomic mass is 32.2. The molecule has 8 heteroatoms. The number of ether oxygens (including phenoxy) is 1. The third-order valence-corrected chi connectivity index (χ3v) is 4.74. The molecule has 1 amide bonds. The monoisotopic (exact) mass is 372 g/mol. The van der Waals surface area contributed by atoms with E-state index in [4.69, 9.17) is 4.74 Å². The van der Waals surface area contributed by atoms with Crippen molar-refractivity contribution in [1.82, 2.24) is 4.90 Å². The summed E-state index contributed by atoms with van der Waals surface area (Å²) in [6.07, 6.45) is 1.31. The van der Waals surface area contributed by atoms with Crippen molar-refractivity contribution < 1.29 is 23.1 Å². The molecule has 0 bridgehead atoms. The number of alkyl halides is 2. The second-order valence-electron chi connectivity index (χ2n) is 5.73. The lowest BCUT2D eigenvalue weighted by Crippen LogP contribution is -2.41. The smallest absolute Gasteiger partial charge is 0.309 e. The molecule has 1 aliphatic rings. The first-order chi connectivity index (χ1) is 12.0. The van der Waals surface area contributed by atoms with Crippen molar-refractivity contribution in [2.75, 3.05) is 31.6 Å². The predicted molar refractivity (Wildman–Crippen MR) is 92.7 cm³/mol. The summed E-state index contributed by atoms with van der Waals surface area (Å²) in [5, 5.41) is 2.69. The van der Waals surface area contributed by atoms with Crippen LogP contribution in [0, 0.1) is 5.92 Å². The number of rotatable bonds is 7. The maximum Gasteiger partial charge on any atom is 0.309 e. The standard InChI is InChI=1S/C17H22F2N2O3S/c1-2-24-16(23)12-7-9-21(10-8-12)11-15(22)20-13-5-3-4-6-14(13)25-17(18)19/h3-6,12,17H,2,7-11H2,1H3,(H,20,22). The number of piperidine rings is 1. The van der Waals surface area contributed by atoms with Crippen molar-refractivity contribution in [3.63, 3.8) is 0 Å². The van der Waals surface area contributed by atoms with Gasteiger partial charge in [0.1, 0.15) is 0 Å². The second kappa shape index (κ2) is 9.72. The Hall–Kier alpha value is -1.67. The van der Waals surface area contributed by atoms with Crippen molar-refractivity contribution in [1.29, 1.82) is 0 Å². The number of anilines is 1. The normalized spacial score (nSPS) is 16.0. The Morgan fingerprint density at radius 3 is 2.64 bits per heavy atom. The molecule has 0 atom stereocenters.